The number of nitrogens with one attached hydrogen (secondary N) is 1. The first-order chi connectivity index (χ1) is 14.2. The number of nitrogens with two attached hydrogens (primary N) is 1. The summed E-state index contributed by atoms with van der Waals surface area (Å²) < 4.78 is 28.8. The molecule has 0 aromatic heterocycles. The Hall–Kier alpha value is -2.91. The Morgan fingerprint density at radius 3 is 2.43 bits per heavy atom. The minimum atomic E-state index is -4.06. The predicted molar refractivity (Wildman–Crippen MR) is 116 cm³/mol. The molecule has 0 fully saturated rings. The first-order valence-corrected chi connectivity index (χ1v) is 10.7. The molecular formula is C20H15Cl2N3O4S. The molecule has 0 aliphatic carbocycles. The summed E-state index contributed by atoms with van der Waals surface area (Å²) in [5, 5.41) is 9.50. The zero-order valence-electron chi connectivity index (χ0n) is 15.2. The number of sulfonamides is 1. The third-order valence-electron chi connectivity index (χ3n) is 3.79. The number of rotatable bonds is 6. The topological polar surface area (TPSA) is 111 Å². The van der Waals surface area contributed by atoms with Crippen LogP contribution in [0.5, 0.6) is 11.5 Å². The van der Waals surface area contributed by atoms with E-state index in [9.17, 15) is 13.2 Å². The van der Waals surface area contributed by atoms with Gasteiger partial charge in [0.25, 0.3) is 5.91 Å². The normalized spacial score (nSPS) is 11.4. The van der Waals surface area contributed by atoms with Crippen molar-refractivity contribution < 1.29 is 17.9 Å². The maximum absolute atomic E-state index is 12.2. The van der Waals surface area contributed by atoms with E-state index < -0.39 is 15.9 Å². The molecule has 1 amide bonds. The van der Waals surface area contributed by atoms with Crippen molar-refractivity contribution in [3.05, 3.63) is 87.9 Å². The van der Waals surface area contributed by atoms with Crippen LogP contribution >= 0.6 is 23.2 Å². The van der Waals surface area contributed by atoms with Gasteiger partial charge in [-0.3, -0.25) is 4.79 Å². The van der Waals surface area contributed by atoms with Crippen molar-refractivity contribution in [1.29, 1.82) is 0 Å². The number of hydrogen-bond donors (Lipinski definition) is 2. The highest BCUT2D eigenvalue weighted by Gasteiger charge is 2.16. The number of primary sulfonamides is 1. The molecule has 0 saturated heterocycles. The fourth-order valence-electron chi connectivity index (χ4n) is 2.39. The van der Waals surface area contributed by atoms with E-state index in [1.807, 2.05) is 0 Å². The van der Waals surface area contributed by atoms with Crippen LogP contribution in [-0.2, 0) is 10.0 Å². The molecule has 0 bridgehead atoms. The molecule has 0 heterocycles. The predicted octanol–water partition coefficient (Wildman–Crippen LogP) is 4.20. The number of benzene rings is 3. The Morgan fingerprint density at radius 1 is 1.00 bits per heavy atom. The second-order valence-electron chi connectivity index (χ2n) is 6.02. The van der Waals surface area contributed by atoms with Crippen molar-refractivity contribution in [2.75, 3.05) is 0 Å². The van der Waals surface area contributed by atoms with Crippen LogP contribution in [0.1, 0.15) is 15.9 Å². The molecule has 7 nitrogen and oxygen atoms in total. The smallest absolute Gasteiger partial charge is 0.271 e. The summed E-state index contributed by atoms with van der Waals surface area (Å²) in [5.41, 5.74) is 3.03. The van der Waals surface area contributed by atoms with Crippen LogP contribution in [-0.4, -0.2) is 20.5 Å². The second kappa shape index (κ2) is 9.27. The van der Waals surface area contributed by atoms with Crippen LogP contribution in [0.4, 0.5) is 0 Å². The van der Waals surface area contributed by atoms with Crippen molar-refractivity contribution >= 4 is 45.3 Å². The Labute approximate surface area is 183 Å². The van der Waals surface area contributed by atoms with Gasteiger partial charge in [0, 0.05) is 10.6 Å². The number of amides is 1. The minimum absolute atomic E-state index is 0.0420. The van der Waals surface area contributed by atoms with Crippen molar-refractivity contribution in [3.8, 4) is 11.5 Å². The van der Waals surface area contributed by atoms with Gasteiger partial charge in [0.15, 0.2) is 0 Å². The summed E-state index contributed by atoms with van der Waals surface area (Å²) in [4.78, 5) is 11.9. The average Bonchev–Trinajstić information content (AvgIpc) is 2.69. The van der Waals surface area contributed by atoms with Gasteiger partial charge in [0.2, 0.25) is 10.0 Å². The molecule has 0 unspecified atom stereocenters. The highest BCUT2D eigenvalue weighted by atomic mass is 35.5. The van der Waals surface area contributed by atoms with E-state index in [2.05, 4.69) is 10.5 Å². The SMILES string of the molecule is NS(=O)(=O)c1cc(C(=O)N/N=C/c2cccc(Oc3ccc(Cl)cc3)c2)ccc1Cl. The molecule has 0 saturated carbocycles. The Morgan fingerprint density at radius 2 is 1.73 bits per heavy atom. The van der Waals surface area contributed by atoms with Gasteiger partial charge in [0.05, 0.1) is 11.2 Å². The van der Waals surface area contributed by atoms with Gasteiger partial charge < -0.3 is 4.74 Å². The summed E-state index contributed by atoms with van der Waals surface area (Å²) in [6.45, 7) is 0. The molecule has 3 aromatic rings. The molecule has 0 radical (unpaired) electrons. The summed E-state index contributed by atoms with van der Waals surface area (Å²) in [6.07, 6.45) is 1.42. The van der Waals surface area contributed by atoms with E-state index in [1.54, 1.807) is 48.5 Å². The number of carbonyl (C=O) groups excluding carboxylic acids is 1. The summed E-state index contributed by atoms with van der Waals surface area (Å²) in [7, 11) is -4.06. The lowest BCUT2D eigenvalue weighted by atomic mass is 10.2. The lowest BCUT2D eigenvalue weighted by Crippen LogP contribution is -2.19. The largest absolute Gasteiger partial charge is 0.457 e. The van der Waals surface area contributed by atoms with Crippen molar-refractivity contribution in [1.82, 2.24) is 5.43 Å². The molecule has 3 N–H and O–H groups in total. The molecule has 10 heteroatoms. The maximum Gasteiger partial charge on any atom is 0.271 e. The van der Waals surface area contributed by atoms with Gasteiger partial charge in [-0.25, -0.2) is 19.0 Å². The van der Waals surface area contributed by atoms with E-state index in [0.29, 0.717) is 22.1 Å². The highest BCUT2D eigenvalue weighted by Crippen LogP contribution is 2.24. The summed E-state index contributed by atoms with van der Waals surface area (Å²) in [5.74, 6) is 0.569. The third kappa shape index (κ3) is 5.80. The van der Waals surface area contributed by atoms with E-state index >= 15 is 0 Å². The van der Waals surface area contributed by atoms with E-state index in [1.165, 1.54) is 18.3 Å². The summed E-state index contributed by atoms with van der Waals surface area (Å²) in [6, 6.07) is 17.7. The van der Waals surface area contributed by atoms with Crippen LogP contribution < -0.4 is 15.3 Å². The minimum Gasteiger partial charge on any atom is -0.457 e. The Balaban J connectivity index is 1.68. The van der Waals surface area contributed by atoms with Gasteiger partial charge >= 0.3 is 0 Å². The Bertz CT molecular complexity index is 1210. The molecule has 0 aliphatic heterocycles. The average molecular weight is 464 g/mol. The van der Waals surface area contributed by atoms with E-state index in [4.69, 9.17) is 33.1 Å². The molecule has 30 heavy (non-hydrogen) atoms. The number of hydrazone groups is 1. The van der Waals surface area contributed by atoms with Gasteiger partial charge in [-0.1, -0.05) is 35.3 Å². The number of halogens is 2. The molecule has 0 spiro atoms. The number of ether oxygens (including phenoxy) is 1. The standard InChI is InChI=1S/C20H15Cl2N3O4S/c21-15-5-7-16(8-6-15)29-17-3-1-2-13(10-17)12-24-25-20(26)14-4-9-18(22)19(11-14)30(23,27)28/h1-12H,(H,25,26)(H2,23,27,28)/b24-12+. The molecule has 154 valence electrons. The maximum atomic E-state index is 12.2. The zero-order chi connectivity index (χ0) is 21.7. The fourth-order valence-corrected chi connectivity index (χ4v) is 3.59. The van der Waals surface area contributed by atoms with Gasteiger partial charge in [-0.05, 0) is 60.2 Å². The number of nitrogens with zero attached hydrogens (tertiary/aromatic N) is 1. The van der Waals surface area contributed by atoms with Crippen LogP contribution in [0, 0.1) is 0 Å². The lowest BCUT2D eigenvalue weighted by Gasteiger charge is -2.06. The first kappa shape index (κ1) is 21.8. The van der Waals surface area contributed by atoms with Crippen molar-refractivity contribution in [2.24, 2.45) is 10.2 Å². The number of carbonyl (C=O) groups is 1. The highest BCUT2D eigenvalue weighted by molar-refractivity contribution is 7.89. The second-order valence-corrected chi connectivity index (χ2v) is 8.39. The van der Waals surface area contributed by atoms with E-state index in [0.717, 1.165) is 6.07 Å². The van der Waals surface area contributed by atoms with Crippen molar-refractivity contribution in [2.45, 2.75) is 4.90 Å². The monoisotopic (exact) mass is 463 g/mol. The molecule has 0 aliphatic rings. The molecule has 3 aromatic carbocycles. The quantitative estimate of drug-likeness (QED) is 0.421. The zero-order valence-corrected chi connectivity index (χ0v) is 17.6. The van der Waals surface area contributed by atoms with Gasteiger partial charge in [0.1, 0.15) is 16.4 Å². The van der Waals surface area contributed by atoms with Crippen molar-refractivity contribution in [3.63, 3.8) is 0 Å². The lowest BCUT2D eigenvalue weighted by molar-refractivity contribution is 0.0955. The Kier molecular flexibility index (Phi) is 6.73. The molecule has 3 rings (SSSR count). The van der Waals surface area contributed by atoms with Gasteiger partial charge in [-0.15, -0.1) is 0 Å². The molecule has 0 atom stereocenters. The molecular weight excluding hydrogens is 449 g/mol. The first-order valence-electron chi connectivity index (χ1n) is 8.41. The number of hydrogen-bond acceptors (Lipinski definition) is 5. The van der Waals surface area contributed by atoms with Crippen LogP contribution in [0.25, 0.3) is 0 Å². The third-order valence-corrected chi connectivity index (χ3v) is 5.43. The van der Waals surface area contributed by atoms with Crippen LogP contribution in [0.3, 0.4) is 0 Å². The van der Waals surface area contributed by atoms with Crippen LogP contribution in [0.15, 0.2) is 76.7 Å². The fraction of sp³-hybridized carbons (Fsp3) is 0. The van der Waals surface area contributed by atoms with E-state index in [-0.39, 0.29) is 15.5 Å². The summed E-state index contributed by atoms with van der Waals surface area (Å²) >= 11 is 11.7. The van der Waals surface area contributed by atoms with Crippen LogP contribution in [0.2, 0.25) is 10.0 Å². The van der Waals surface area contributed by atoms with Gasteiger partial charge in [-0.2, -0.15) is 5.10 Å².